The first-order chi connectivity index (χ1) is 10.4. The van der Waals surface area contributed by atoms with E-state index in [1.165, 1.54) is 24.8 Å². The highest BCUT2D eigenvalue weighted by atomic mass is 35.5. The van der Waals surface area contributed by atoms with Crippen molar-refractivity contribution in [2.24, 2.45) is 0 Å². The maximum Gasteiger partial charge on any atom is 0.242 e. The maximum absolute atomic E-state index is 12.6. The molecular weight excluding hydrogens is 340 g/mol. The van der Waals surface area contributed by atoms with Crippen LogP contribution in [0.1, 0.15) is 26.3 Å². The third-order valence-corrected chi connectivity index (χ3v) is 5.48. The number of nitrogens with one attached hydrogen (secondary N) is 1. The molecule has 1 aromatic carbocycles. The Balaban J connectivity index is 2.37. The van der Waals surface area contributed by atoms with E-state index in [1.54, 1.807) is 20.2 Å². The van der Waals surface area contributed by atoms with Gasteiger partial charge in [0.1, 0.15) is 17.4 Å². The molecule has 2 rings (SSSR count). The summed E-state index contributed by atoms with van der Waals surface area (Å²) in [4.78, 5) is 13.5. The van der Waals surface area contributed by atoms with Crippen LogP contribution >= 0.6 is 11.6 Å². The Morgan fingerprint density at radius 2 is 2.00 bits per heavy atom. The second-order valence-corrected chi connectivity index (χ2v) is 8.55. The number of rotatable bonds is 4. The number of carbonyl (C=O) groups is 1. The van der Waals surface area contributed by atoms with E-state index in [1.807, 2.05) is 6.92 Å². The Morgan fingerprint density at radius 1 is 1.39 bits per heavy atom. The molecule has 1 amide bonds. The van der Waals surface area contributed by atoms with Crippen LogP contribution in [-0.4, -0.2) is 45.0 Å². The van der Waals surface area contributed by atoms with E-state index in [9.17, 15) is 13.2 Å². The lowest BCUT2D eigenvalue weighted by molar-refractivity contribution is -0.133. The van der Waals surface area contributed by atoms with Crippen LogP contribution in [0.4, 0.5) is 0 Å². The third kappa shape index (κ3) is 3.62. The molecular formula is C15H21ClN2O4S. The molecule has 8 heteroatoms. The predicted octanol–water partition coefficient (Wildman–Crippen LogP) is 1.81. The van der Waals surface area contributed by atoms with Gasteiger partial charge in [0.25, 0.3) is 0 Å². The second-order valence-electron chi connectivity index (χ2n) is 6.46. The average Bonchev–Trinajstić information content (AvgIpc) is 2.77. The van der Waals surface area contributed by atoms with Gasteiger partial charge in [0.2, 0.25) is 15.9 Å². The number of sulfonamides is 1. The van der Waals surface area contributed by atoms with E-state index in [0.29, 0.717) is 12.2 Å². The molecule has 6 nitrogen and oxygen atoms in total. The highest BCUT2D eigenvalue weighted by Crippen LogP contribution is 2.38. The first-order valence-corrected chi connectivity index (χ1v) is 9.05. The lowest BCUT2D eigenvalue weighted by atomic mass is 10.1. The zero-order valence-electron chi connectivity index (χ0n) is 13.8. The monoisotopic (exact) mass is 360 g/mol. The van der Waals surface area contributed by atoms with E-state index in [0.717, 1.165) is 5.56 Å². The van der Waals surface area contributed by atoms with Crippen molar-refractivity contribution in [2.45, 2.75) is 43.7 Å². The molecule has 0 spiro atoms. The summed E-state index contributed by atoms with van der Waals surface area (Å²) in [5, 5.41) is 0.254. The van der Waals surface area contributed by atoms with Crippen LogP contribution in [0.5, 0.6) is 5.75 Å². The zero-order valence-corrected chi connectivity index (χ0v) is 15.4. The molecule has 0 saturated heterocycles. The molecule has 128 valence electrons. The number of nitrogens with zero attached hydrogens (tertiary/aromatic N) is 1. The largest absolute Gasteiger partial charge is 0.489 e. The molecule has 1 aliphatic heterocycles. The summed E-state index contributed by atoms with van der Waals surface area (Å²) in [5.41, 5.74) is -0.514. The van der Waals surface area contributed by atoms with Crippen LogP contribution in [0, 0.1) is 0 Å². The van der Waals surface area contributed by atoms with E-state index >= 15 is 0 Å². The van der Waals surface area contributed by atoms with Crippen molar-refractivity contribution in [1.29, 1.82) is 0 Å². The summed E-state index contributed by atoms with van der Waals surface area (Å²) < 4.78 is 33.3. The van der Waals surface area contributed by atoms with Crippen LogP contribution < -0.4 is 9.46 Å². The number of benzene rings is 1. The fourth-order valence-electron chi connectivity index (χ4n) is 2.61. The van der Waals surface area contributed by atoms with Gasteiger partial charge in [0.05, 0.1) is 9.92 Å². The summed E-state index contributed by atoms with van der Waals surface area (Å²) in [6, 6.07) is 2.89. The zero-order chi connectivity index (χ0) is 17.6. The number of fused-ring (bicyclic) bond motifs is 1. The van der Waals surface area contributed by atoms with Crippen molar-refractivity contribution in [3.8, 4) is 5.75 Å². The molecule has 1 atom stereocenters. The number of carbonyl (C=O) groups excluding carboxylic acids is 1. The summed E-state index contributed by atoms with van der Waals surface area (Å²) in [6.45, 7) is 4.93. The van der Waals surface area contributed by atoms with Crippen molar-refractivity contribution in [2.75, 3.05) is 14.1 Å². The van der Waals surface area contributed by atoms with Crippen LogP contribution in [0.25, 0.3) is 0 Å². The van der Waals surface area contributed by atoms with Gasteiger partial charge in [-0.05, 0) is 32.9 Å². The minimum atomic E-state index is -3.90. The number of hydrogen-bond acceptors (Lipinski definition) is 4. The van der Waals surface area contributed by atoms with Crippen molar-refractivity contribution >= 4 is 27.5 Å². The van der Waals surface area contributed by atoms with Crippen molar-refractivity contribution in [3.05, 3.63) is 22.7 Å². The number of amides is 1. The second kappa shape index (κ2) is 5.96. The molecule has 0 aliphatic carbocycles. The number of hydrogen-bond donors (Lipinski definition) is 1. The Kier molecular flexibility index (Phi) is 4.67. The molecule has 1 unspecified atom stereocenters. The van der Waals surface area contributed by atoms with Crippen molar-refractivity contribution in [1.82, 2.24) is 9.62 Å². The van der Waals surface area contributed by atoms with Crippen LogP contribution in [0.3, 0.4) is 0 Å². The lowest BCUT2D eigenvalue weighted by Gasteiger charge is -2.28. The molecule has 23 heavy (non-hydrogen) atoms. The normalized spacial score (nSPS) is 17.6. The third-order valence-electron chi connectivity index (χ3n) is 3.56. The van der Waals surface area contributed by atoms with Crippen molar-refractivity contribution in [3.63, 3.8) is 0 Å². The highest BCUT2D eigenvalue weighted by Gasteiger charge is 2.35. The summed E-state index contributed by atoms with van der Waals surface area (Å²) in [6.07, 6.45) is 0.554. The smallest absolute Gasteiger partial charge is 0.242 e. The Labute approximate surface area is 141 Å². The predicted molar refractivity (Wildman–Crippen MR) is 88.3 cm³/mol. The van der Waals surface area contributed by atoms with Gasteiger partial charge in [0, 0.05) is 26.1 Å². The Bertz CT molecular complexity index is 744. The summed E-state index contributed by atoms with van der Waals surface area (Å²) in [7, 11) is -0.750. The van der Waals surface area contributed by atoms with Crippen LogP contribution in [0.2, 0.25) is 5.02 Å². The highest BCUT2D eigenvalue weighted by molar-refractivity contribution is 7.89. The molecule has 0 saturated carbocycles. The van der Waals surface area contributed by atoms with Gasteiger partial charge in [-0.2, -0.15) is 4.72 Å². The number of halogens is 1. The van der Waals surface area contributed by atoms with E-state index in [-0.39, 0.29) is 21.9 Å². The van der Waals surface area contributed by atoms with E-state index in [4.69, 9.17) is 16.3 Å². The van der Waals surface area contributed by atoms with Gasteiger partial charge in [0.15, 0.2) is 0 Å². The number of ether oxygens (including phenoxy) is 1. The lowest BCUT2D eigenvalue weighted by Crippen LogP contribution is -2.54. The topological polar surface area (TPSA) is 75.7 Å². The minimum absolute atomic E-state index is 0.0265. The quantitative estimate of drug-likeness (QED) is 0.888. The molecule has 1 heterocycles. The summed E-state index contributed by atoms with van der Waals surface area (Å²) in [5.74, 6) is 0.187. The SMILES string of the molecule is CC1Cc2cc(S(=O)(=O)NC(C)(C)C(=O)N(C)C)cc(Cl)c2O1. The van der Waals surface area contributed by atoms with Gasteiger partial charge in [-0.15, -0.1) is 0 Å². The minimum Gasteiger partial charge on any atom is -0.489 e. The Morgan fingerprint density at radius 3 is 2.57 bits per heavy atom. The average molecular weight is 361 g/mol. The molecule has 0 fully saturated rings. The summed E-state index contributed by atoms with van der Waals surface area (Å²) >= 11 is 6.14. The van der Waals surface area contributed by atoms with Gasteiger partial charge in [-0.1, -0.05) is 11.6 Å². The van der Waals surface area contributed by atoms with Gasteiger partial charge < -0.3 is 9.64 Å². The van der Waals surface area contributed by atoms with Crippen LogP contribution in [0.15, 0.2) is 17.0 Å². The fraction of sp³-hybridized carbons (Fsp3) is 0.533. The van der Waals surface area contributed by atoms with Crippen LogP contribution in [-0.2, 0) is 21.2 Å². The molecule has 0 bridgehead atoms. The molecule has 1 aliphatic rings. The van der Waals surface area contributed by atoms with E-state index in [2.05, 4.69) is 4.72 Å². The van der Waals surface area contributed by atoms with Gasteiger partial charge in [-0.3, -0.25) is 4.79 Å². The first-order valence-electron chi connectivity index (χ1n) is 7.19. The number of likely N-dealkylation sites (N-methyl/N-ethyl adjacent to an activating group) is 1. The molecule has 1 aromatic rings. The standard InChI is InChI=1S/C15H21ClN2O4S/c1-9-6-10-7-11(8-12(16)13(10)22-9)23(20,21)17-15(2,3)14(19)18(4)5/h7-9,17H,6H2,1-5H3. The van der Waals surface area contributed by atoms with E-state index < -0.39 is 15.6 Å². The van der Waals surface area contributed by atoms with Gasteiger partial charge >= 0.3 is 0 Å². The van der Waals surface area contributed by atoms with Crippen molar-refractivity contribution < 1.29 is 17.9 Å². The van der Waals surface area contributed by atoms with Gasteiger partial charge in [-0.25, -0.2) is 8.42 Å². The fourth-order valence-corrected chi connectivity index (χ4v) is 4.41. The first kappa shape index (κ1) is 18.0. The molecule has 0 aromatic heterocycles. The molecule has 1 N–H and O–H groups in total. The maximum atomic E-state index is 12.6. The Hall–Kier alpha value is -1.31. The molecule has 0 radical (unpaired) electrons.